The van der Waals surface area contributed by atoms with Gasteiger partial charge in [0.1, 0.15) is 12.7 Å². The highest BCUT2D eigenvalue weighted by Gasteiger charge is 1.96. The number of benzene rings is 2. The van der Waals surface area contributed by atoms with Crippen molar-refractivity contribution < 1.29 is 0 Å². The summed E-state index contributed by atoms with van der Waals surface area (Å²) in [4.78, 5) is 5.25. The molecule has 0 N–H and O–H groups in total. The second-order valence-corrected chi connectivity index (χ2v) is 4.05. The van der Waals surface area contributed by atoms with Crippen molar-refractivity contribution in [3.05, 3.63) is 72.8 Å². The van der Waals surface area contributed by atoms with Crippen molar-refractivity contribution in [2.75, 3.05) is 0 Å². The molecule has 0 unspecified atom stereocenters. The van der Waals surface area contributed by atoms with Gasteiger partial charge >= 0.3 is 0 Å². The van der Waals surface area contributed by atoms with Gasteiger partial charge in [-0.1, -0.05) is 54.6 Å². The normalized spacial score (nSPS) is 10.9. The van der Waals surface area contributed by atoms with E-state index in [0.29, 0.717) is 0 Å². The molecule has 0 radical (unpaired) electrons. The van der Waals surface area contributed by atoms with Crippen LogP contribution in [-0.2, 0) is 0 Å². The average Bonchev–Trinajstić information content (AvgIpc) is 3.00. The summed E-state index contributed by atoms with van der Waals surface area (Å²) >= 11 is 0. The molecule has 2 aromatic carbocycles. The van der Waals surface area contributed by atoms with Crippen LogP contribution in [0.1, 0.15) is 5.56 Å². The molecule has 92 valence electrons. The van der Waals surface area contributed by atoms with Crippen LogP contribution in [0, 0.1) is 0 Å². The molecule has 1 aromatic heterocycles. The van der Waals surface area contributed by atoms with Gasteiger partial charge < -0.3 is 0 Å². The van der Waals surface area contributed by atoms with Crippen LogP contribution in [-0.4, -0.2) is 21.1 Å². The molecular weight excluding hydrogens is 236 g/mol. The summed E-state index contributed by atoms with van der Waals surface area (Å²) in [5.74, 6) is 0. The highest BCUT2D eigenvalue weighted by Crippen LogP contribution is 2.18. The molecule has 0 spiro atoms. The summed E-state index contributed by atoms with van der Waals surface area (Å²) in [7, 11) is 0. The van der Waals surface area contributed by atoms with E-state index in [-0.39, 0.29) is 0 Å². The van der Waals surface area contributed by atoms with Crippen molar-refractivity contribution in [1.29, 1.82) is 0 Å². The number of hydrogen-bond acceptors (Lipinski definition) is 3. The Hall–Kier alpha value is -2.75. The maximum Gasteiger partial charge on any atom is 0.139 e. The van der Waals surface area contributed by atoms with Gasteiger partial charge in [-0.05, 0) is 16.7 Å². The van der Waals surface area contributed by atoms with E-state index in [0.717, 1.165) is 5.56 Å². The minimum Gasteiger partial charge on any atom is -0.221 e. The van der Waals surface area contributed by atoms with Crippen LogP contribution in [0.4, 0.5) is 0 Å². The van der Waals surface area contributed by atoms with Gasteiger partial charge in [0.2, 0.25) is 0 Å². The van der Waals surface area contributed by atoms with E-state index in [4.69, 9.17) is 0 Å². The van der Waals surface area contributed by atoms with Crippen LogP contribution in [0.3, 0.4) is 0 Å². The van der Waals surface area contributed by atoms with Crippen molar-refractivity contribution in [3.8, 4) is 11.1 Å². The van der Waals surface area contributed by atoms with Crippen LogP contribution in [0.15, 0.2) is 72.4 Å². The average molecular weight is 248 g/mol. The third kappa shape index (κ3) is 2.74. The Morgan fingerprint density at radius 3 is 2.32 bits per heavy atom. The lowest BCUT2D eigenvalue weighted by Gasteiger charge is -2.01. The highest BCUT2D eigenvalue weighted by atomic mass is 15.5. The molecule has 0 bridgehead atoms. The largest absolute Gasteiger partial charge is 0.221 e. The molecule has 3 rings (SSSR count). The topological polar surface area (TPSA) is 43.1 Å². The van der Waals surface area contributed by atoms with Gasteiger partial charge in [0, 0.05) is 0 Å². The van der Waals surface area contributed by atoms with Gasteiger partial charge in [-0.2, -0.15) is 5.10 Å². The fourth-order valence-corrected chi connectivity index (χ4v) is 1.78. The summed E-state index contributed by atoms with van der Waals surface area (Å²) < 4.78 is 0. The van der Waals surface area contributed by atoms with Crippen molar-refractivity contribution in [2.45, 2.75) is 0 Å². The van der Waals surface area contributed by atoms with Crippen LogP contribution in [0.25, 0.3) is 11.1 Å². The third-order valence-corrected chi connectivity index (χ3v) is 2.75. The molecule has 0 aliphatic heterocycles. The molecule has 3 aromatic rings. The van der Waals surface area contributed by atoms with Gasteiger partial charge in [0.25, 0.3) is 0 Å². The van der Waals surface area contributed by atoms with Crippen LogP contribution in [0.5, 0.6) is 0 Å². The molecule has 19 heavy (non-hydrogen) atoms. The maximum absolute atomic E-state index is 4.16. The lowest BCUT2D eigenvalue weighted by Crippen LogP contribution is -1.90. The monoisotopic (exact) mass is 248 g/mol. The molecule has 0 amide bonds. The first-order valence-corrected chi connectivity index (χ1v) is 5.96. The molecule has 0 aliphatic rings. The minimum atomic E-state index is 1.02. The number of nitrogens with zero attached hydrogens (tertiary/aromatic N) is 4. The van der Waals surface area contributed by atoms with Gasteiger partial charge in [-0.3, -0.25) is 0 Å². The Balaban J connectivity index is 1.80. The van der Waals surface area contributed by atoms with E-state index in [1.165, 1.54) is 22.2 Å². The fourth-order valence-electron chi connectivity index (χ4n) is 1.78. The molecule has 4 nitrogen and oxygen atoms in total. The Kier molecular flexibility index (Phi) is 3.14. The summed E-state index contributed by atoms with van der Waals surface area (Å²) in [5, 5.41) is 8.06. The molecular formula is C15H12N4. The maximum atomic E-state index is 4.16. The molecule has 0 atom stereocenters. The van der Waals surface area contributed by atoms with Crippen molar-refractivity contribution in [3.63, 3.8) is 0 Å². The Bertz CT molecular complexity index is 655. The summed E-state index contributed by atoms with van der Waals surface area (Å²) in [5.41, 5.74) is 3.43. The van der Waals surface area contributed by atoms with E-state index in [9.17, 15) is 0 Å². The van der Waals surface area contributed by atoms with Crippen molar-refractivity contribution >= 4 is 6.21 Å². The van der Waals surface area contributed by atoms with E-state index >= 15 is 0 Å². The first-order chi connectivity index (χ1) is 9.42. The molecule has 0 saturated heterocycles. The van der Waals surface area contributed by atoms with Crippen molar-refractivity contribution in [2.24, 2.45) is 5.10 Å². The number of aromatic nitrogens is 3. The van der Waals surface area contributed by atoms with Crippen LogP contribution >= 0.6 is 0 Å². The molecule has 0 aliphatic carbocycles. The second-order valence-electron chi connectivity index (χ2n) is 4.05. The second kappa shape index (κ2) is 5.27. The van der Waals surface area contributed by atoms with E-state index in [1.54, 1.807) is 12.5 Å². The third-order valence-electron chi connectivity index (χ3n) is 2.75. The molecule has 1 heterocycles. The molecule has 4 heteroatoms. The first-order valence-electron chi connectivity index (χ1n) is 5.96. The Labute approximate surface area is 111 Å². The zero-order chi connectivity index (χ0) is 12.9. The van der Waals surface area contributed by atoms with Gasteiger partial charge in [0.05, 0.1) is 6.21 Å². The number of rotatable bonds is 3. The molecule has 0 saturated carbocycles. The lowest BCUT2D eigenvalue weighted by molar-refractivity contribution is 0.743. The van der Waals surface area contributed by atoms with E-state index < -0.39 is 0 Å². The standard InChI is InChI=1S/C15H12N4/c1-2-4-14(5-3-1)15-8-6-13(7-9-15)10-17-19-12-16-11-18-19/h1-12H/b17-10+. The molecule has 0 fully saturated rings. The quantitative estimate of drug-likeness (QED) is 0.669. The summed E-state index contributed by atoms with van der Waals surface area (Å²) in [6.45, 7) is 0. The van der Waals surface area contributed by atoms with Gasteiger partial charge in [-0.15, -0.1) is 9.89 Å². The zero-order valence-electron chi connectivity index (χ0n) is 10.2. The van der Waals surface area contributed by atoms with E-state index in [1.807, 2.05) is 30.3 Å². The summed E-state index contributed by atoms with van der Waals surface area (Å²) in [6, 6.07) is 18.5. The first kappa shape index (κ1) is 11.3. The Morgan fingerprint density at radius 2 is 1.63 bits per heavy atom. The fraction of sp³-hybridized carbons (Fsp3) is 0. The van der Waals surface area contributed by atoms with E-state index in [2.05, 4.69) is 39.4 Å². The predicted octanol–water partition coefficient (Wildman–Crippen LogP) is 2.83. The van der Waals surface area contributed by atoms with Crippen molar-refractivity contribution in [1.82, 2.24) is 14.9 Å². The van der Waals surface area contributed by atoms with Crippen LogP contribution < -0.4 is 0 Å². The number of hydrogen-bond donors (Lipinski definition) is 0. The van der Waals surface area contributed by atoms with Gasteiger partial charge in [-0.25, -0.2) is 4.98 Å². The minimum absolute atomic E-state index is 1.02. The Morgan fingerprint density at radius 1 is 0.895 bits per heavy atom. The summed E-state index contributed by atoms with van der Waals surface area (Å²) in [6.07, 6.45) is 4.76. The highest BCUT2D eigenvalue weighted by molar-refractivity contribution is 5.80. The smallest absolute Gasteiger partial charge is 0.139 e. The predicted molar refractivity (Wildman–Crippen MR) is 74.9 cm³/mol. The van der Waals surface area contributed by atoms with Gasteiger partial charge in [0.15, 0.2) is 0 Å². The zero-order valence-corrected chi connectivity index (χ0v) is 10.2. The SMILES string of the molecule is C(=N\n1cncn1)/c1ccc(-c2ccccc2)cc1. The lowest BCUT2D eigenvalue weighted by atomic mass is 10.0. The van der Waals surface area contributed by atoms with Crippen LogP contribution in [0.2, 0.25) is 0 Å².